The number of para-hydroxylation sites is 1. The van der Waals surface area contributed by atoms with E-state index in [-0.39, 0.29) is 23.8 Å². The first-order chi connectivity index (χ1) is 18.5. The Morgan fingerprint density at radius 3 is 2.68 bits per heavy atom. The van der Waals surface area contributed by atoms with Crippen LogP contribution >= 0.6 is 0 Å². The van der Waals surface area contributed by atoms with E-state index in [4.69, 9.17) is 9.47 Å². The molecule has 0 aliphatic heterocycles. The topological polar surface area (TPSA) is 118 Å². The predicted octanol–water partition coefficient (Wildman–Crippen LogP) is 4.49. The number of pyridine rings is 1. The van der Waals surface area contributed by atoms with Crippen molar-refractivity contribution in [1.29, 1.82) is 0 Å². The molecule has 0 bridgehead atoms. The summed E-state index contributed by atoms with van der Waals surface area (Å²) in [6.45, 7) is 2.56. The van der Waals surface area contributed by atoms with Crippen LogP contribution in [0.4, 0.5) is 0 Å². The highest BCUT2D eigenvalue weighted by Crippen LogP contribution is 2.31. The fraction of sp³-hybridized carbons (Fsp3) is 0.310. The number of benzene rings is 2. The van der Waals surface area contributed by atoms with Gasteiger partial charge in [0, 0.05) is 36.3 Å². The van der Waals surface area contributed by atoms with Gasteiger partial charge in [0.1, 0.15) is 11.3 Å². The lowest BCUT2D eigenvalue weighted by Gasteiger charge is -2.17. The minimum Gasteiger partial charge on any atom is -0.490 e. The van der Waals surface area contributed by atoms with Crippen molar-refractivity contribution in [2.24, 2.45) is 5.92 Å². The number of amides is 2. The maximum atomic E-state index is 13.3. The maximum absolute atomic E-state index is 13.3. The molecular formula is C29H31N5O4. The van der Waals surface area contributed by atoms with Crippen LogP contribution in [0.25, 0.3) is 22.0 Å². The third-order valence-electron chi connectivity index (χ3n) is 6.98. The lowest BCUT2D eigenvalue weighted by atomic mass is 10.0. The van der Waals surface area contributed by atoms with Crippen LogP contribution in [0, 0.1) is 5.92 Å². The summed E-state index contributed by atoms with van der Waals surface area (Å²) in [7, 11) is 3.05. The zero-order valence-electron chi connectivity index (χ0n) is 21.7. The van der Waals surface area contributed by atoms with Gasteiger partial charge in [-0.3, -0.25) is 14.7 Å². The average molecular weight is 514 g/mol. The average Bonchev–Trinajstić information content (AvgIpc) is 3.56. The van der Waals surface area contributed by atoms with Crippen molar-refractivity contribution in [2.75, 3.05) is 14.2 Å². The number of carbonyl (C=O) groups is 2. The van der Waals surface area contributed by atoms with E-state index in [0.717, 1.165) is 35.3 Å². The van der Waals surface area contributed by atoms with Crippen LogP contribution in [-0.4, -0.2) is 47.3 Å². The number of nitrogens with one attached hydrogen (secondary N) is 3. The van der Waals surface area contributed by atoms with Gasteiger partial charge in [0.2, 0.25) is 5.88 Å². The van der Waals surface area contributed by atoms with Gasteiger partial charge in [0.15, 0.2) is 5.69 Å². The second kappa shape index (κ2) is 10.9. The second-order valence-corrected chi connectivity index (χ2v) is 9.64. The van der Waals surface area contributed by atoms with E-state index < -0.39 is 0 Å². The van der Waals surface area contributed by atoms with Crippen LogP contribution in [0.1, 0.15) is 52.6 Å². The highest BCUT2D eigenvalue weighted by atomic mass is 16.5. The zero-order valence-corrected chi connectivity index (χ0v) is 21.7. The van der Waals surface area contributed by atoms with E-state index in [0.29, 0.717) is 34.6 Å². The summed E-state index contributed by atoms with van der Waals surface area (Å²) in [4.78, 5) is 29.7. The van der Waals surface area contributed by atoms with Gasteiger partial charge in [0.25, 0.3) is 11.8 Å². The molecular weight excluding hydrogens is 482 g/mol. The van der Waals surface area contributed by atoms with E-state index in [1.165, 1.54) is 13.5 Å². The van der Waals surface area contributed by atoms with E-state index in [1.807, 2.05) is 42.5 Å². The largest absolute Gasteiger partial charge is 0.490 e. The van der Waals surface area contributed by atoms with Crippen molar-refractivity contribution in [1.82, 2.24) is 25.8 Å². The highest BCUT2D eigenvalue weighted by Gasteiger charge is 2.24. The van der Waals surface area contributed by atoms with Crippen molar-refractivity contribution in [3.05, 3.63) is 71.5 Å². The lowest BCUT2D eigenvalue weighted by Crippen LogP contribution is -2.24. The molecule has 9 heteroatoms. The van der Waals surface area contributed by atoms with Crippen molar-refractivity contribution < 1.29 is 19.1 Å². The molecule has 38 heavy (non-hydrogen) atoms. The van der Waals surface area contributed by atoms with E-state index in [9.17, 15) is 9.59 Å². The molecule has 3 N–H and O–H groups in total. The molecule has 0 saturated heterocycles. The number of fused-ring (bicyclic) bond motifs is 1. The second-order valence-electron chi connectivity index (χ2n) is 9.64. The minimum absolute atomic E-state index is 0.211. The molecule has 1 fully saturated rings. The van der Waals surface area contributed by atoms with Gasteiger partial charge in [0.05, 0.1) is 18.7 Å². The Hall–Kier alpha value is -4.40. The quantitative estimate of drug-likeness (QED) is 0.320. The summed E-state index contributed by atoms with van der Waals surface area (Å²) in [5.74, 6) is 1.14. The van der Waals surface area contributed by atoms with Crippen LogP contribution in [0.15, 0.2) is 54.7 Å². The van der Waals surface area contributed by atoms with E-state index in [1.54, 1.807) is 19.3 Å². The molecule has 0 radical (unpaired) electrons. The summed E-state index contributed by atoms with van der Waals surface area (Å²) < 4.78 is 11.7. The molecule has 5 rings (SSSR count). The van der Waals surface area contributed by atoms with Gasteiger partial charge < -0.3 is 20.1 Å². The Kier molecular flexibility index (Phi) is 7.26. The number of methoxy groups -OCH3 is 1. The number of hydrogen-bond donors (Lipinski definition) is 3. The lowest BCUT2D eigenvalue weighted by molar-refractivity contribution is 0.0942. The molecule has 4 aromatic rings. The molecule has 1 saturated carbocycles. The first-order valence-corrected chi connectivity index (χ1v) is 12.7. The maximum Gasteiger partial charge on any atom is 0.272 e. The Morgan fingerprint density at radius 1 is 1.08 bits per heavy atom. The number of carbonyl (C=O) groups excluding carboxylic acids is 2. The number of aromatic nitrogens is 3. The Morgan fingerprint density at radius 2 is 1.92 bits per heavy atom. The normalized spacial score (nSPS) is 16.8. The number of rotatable bonds is 8. The first-order valence-electron chi connectivity index (χ1n) is 12.7. The summed E-state index contributed by atoms with van der Waals surface area (Å²) in [6.07, 6.45) is 5.14. The van der Waals surface area contributed by atoms with Gasteiger partial charge in [-0.05, 0) is 55.0 Å². The summed E-state index contributed by atoms with van der Waals surface area (Å²) in [5.41, 5.74) is 3.82. The van der Waals surface area contributed by atoms with Crippen LogP contribution in [0.2, 0.25) is 0 Å². The Balaban J connectivity index is 1.35. The first kappa shape index (κ1) is 25.3. The predicted molar refractivity (Wildman–Crippen MR) is 144 cm³/mol. The smallest absolute Gasteiger partial charge is 0.272 e. The van der Waals surface area contributed by atoms with Crippen LogP contribution in [0.5, 0.6) is 11.6 Å². The fourth-order valence-corrected chi connectivity index (χ4v) is 4.90. The van der Waals surface area contributed by atoms with Gasteiger partial charge in [-0.15, -0.1) is 0 Å². The standard InChI is InChI=1S/C29H31N5O4/c1-17-8-10-21(12-17)38-25-7-5-4-6-19(25)15-31-27(35)23-13-20(16-32-29(23)37-3)18-9-11-22-24(14-18)33-34-26(22)28(36)30-2/h4-7,9,11,13-14,16-17,21H,8,10,12,15H2,1-3H3,(H,30,36)(H,31,35)(H,33,34). The van der Waals surface area contributed by atoms with Gasteiger partial charge >= 0.3 is 0 Å². The number of nitrogens with zero attached hydrogens (tertiary/aromatic N) is 2. The number of hydrogen-bond acceptors (Lipinski definition) is 6. The molecule has 2 aromatic heterocycles. The summed E-state index contributed by atoms with van der Waals surface area (Å²) >= 11 is 0. The van der Waals surface area contributed by atoms with Crippen molar-refractivity contribution in [3.63, 3.8) is 0 Å². The third-order valence-corrected chi connectivity index (χ3v) is 6.98. The SMILES string of the molecule is CNC(=O)c1n[nH]c2cc(-c3cnc(OC)c(C(=O)NCc4ccccc4OC4CCC(C)C4)c3)ccc12. The molecule has 0 spiro atoms. The molecule has 1 aliphatic carbocycles. The molecule has 2 heterocycles. The van der Waals surface area contributed by atoms with Crippen molar-refractivity contribution in [2.45, 2.75) is 38.8 Å². The minimum atomic E-state index is -0.301. The molecule has 9 nitrogen and oxygen atoms in total. The fourth-order valence-electron chi connectivity index (χ4n) is 4.90. The molecule has 2 amide bonds. The molecule has 2 aromatic carbocycles. The van der Waals surface area contributed by atoms with Crippen molar-refractivity contribution in [3.8, 4) is 22.8 Å². The third kappa shape index (κ3) is 5.18. The van der Waals surface area contributed by atoms with Crippen molar-refractivity contribution >= 4 is 22.7 Å². The number of aromatic amines is 1. The zero-order chi connectivity index (χ0) is 26.6. The monoisotopic (exact) mass is 513 g/mol. The van der Waals surface area contributed by atoms with Gasteiger partial charge in [-0.1, -0.05) is 31.2 Å². The van der Waals surface area contributed by atoms with Crippen LogP contribution in [0.3, 0.4) is 0 Å². The van der Waals surface area contributed by atoms with E-state index >= 15 is 0 Å². The van der Waals surface area contributed by atoms with Crippen LogP contribution < -0.4 is 20.1 Å². The van der Waals surface area contributed by atoms with Gasteiger partial charge in [-0.2, -0.15) is 5.10 Å². The number of H-pyrrole nitrogens is 1. The summed E-state index contributed by atoms with van der Waals surface area (Å²) in [5, 5.41) is 13.3. The molecule has 2 atom stereocenters. The molecule has 1 aliphatic rings. The Bertz CT molecular complexity index is 1480. The molecule has 2 unspecified atom stereocenters. The highest BCUT2D eigenvalue weighted by molar-refractivity contribution is 6.05. The summed E-state index contributed by atoms with van der Waals surface area (Å²) in [6, 6.07) is 15.1. The van der Waals surface area contributed by atoms with Crippen LogP contribution in [-0.2, 0) is 6.54 Å². The van der Waals surface area contributed by atoms with Gasteiger partial charge in [-0.25, -0.2) is 4.98 Å². The Labute approximate surface area is 221 Å². The number of ether oxygens (including phenoxy) is 2. The molecule has 196 valence electrons. The van der Waals surface area contributed by atoms with E-state index in [2.05, 4.69) is 32.7 Å².